The monoisotopic (exact) mass is 285 g/mol. The summed E-state index contributed by atoms with van der Waals surface area (Å²) in [4.78, 5) is 11.1. The summed E-state index contributed by atoms with van der Waals surface area (Å²) in [5, 5.41) is 0. The number of aldehydes is 1. The standard InChI is InChI=1S/C13H20BrNO/c1-5-7-15-10(4)11(8-16)12(14)13(15)9(3)6-2/h8-9H,5-7H2,1-4H3. The Morgan fingerprint density at radius 3 is 2.50 bits per heavy atom. The van der Waals surface area contributed by atoms with E-state index in [9.17, 15) is 4.79 Å². The minimum atomic E-state index is 0.480. The van der Waals surface area contributed by atoms with Crippen molar-refractivity contribution in [3.63, 3.8) is 0 Å². The number of hydrogen-bond acceptors (Lipinski definition) is 1. The second-order valence-electron chi connectivity index (χ2n) is 4.28. The first-order valence-corrected chi connectivity index (χ1v) is 6.71. The zero-order chi connectivity index (χ0) is 12.3. The van der Waals surface area contributed by atoms with Crippen molar-refractivity contribution >= 4 is 22.2 Å². The van der Waals surface area contributed by atoms with E-state index in [1.807, 2.05) is 6.92 Å². The molecule has 1 heterocycles. The normalized spacial score (nSPS) is 12.8. The van der Waals surface area contributed by atoms with Crippen molar-refractivity contribution in [2.75, 3.05) is 0 Å². The predicted molar refractivity (Wildman–Crippen MR) is 71.3 cm³/mol. The van der Waals surface area contributed by atoms with Gasteiger partial charge in [-0.1, -0.05) is 20.8 Å². The number of carbonyl (C=O) groups excluding carboxylic acids is 1. The molecule has 2 nitrogen and oxygen atoms in total. The Kier molecular flexibility index (Phi) is 4.78. The van der Waals surface area contributed by atoms with Gasteiger partial charge in [-0.25, -0.2) is 0 Å². The van der Waals surface area contributed by atoms with E-state index >= 15 is 0 Å². The lowest BCUT2D eigenvalue weighted by atomic mass is 10.0. The number of halogens is 1. The molecule has 0 spiro atoms. The van der Waals surface area contributed by atoms with Gasteiger partial charge in [0.1, 0.15) is 0 Å². The third kappa shape index (κ3) is 2.24. The highest BCUT2D eigenvalue weighted by atomic mass is 79.9. The highest BCUT2D eigenvalue weighted by Gasteiger charge is 2.20. The zero-order valence-corrected chi connectivity index (χ0v) is 12.1. The molecule has 0 aromatic carbocycles. The van der Waals surface area contributed by atoms with Crippen LogP contribution in [0, 0.1) is 6.92 Å². The molecule has 0 aliphatic rings. The van der Waals surface area contributed by atoms with Crippen LogP contribution in [0.15, 0.2) is 4.47 Å². The van der Waals surface area contributed by atoms with Gasteiger partial charge in [-0.05, 0) is 41.6 Å². The molecule has 1 aromatic heterocycles. The first-order chi connectivity index (χ1) is 7.58. The Morgan fingerprint density at radius 2 is 2.06 bits per heavy atom. The summed E-state index contributed by atoms with van der Waals surface area (Å²) < 4.78 is 3.27. The molecule has 3 heteroatoms. The SMILES string of the molecule is CCCn1c(C)c(C=O)c(Br)c1C(C)CC. The summed E-state index contributed by atoms with van der Waals surface area (Å²) in [6, 6.07) is 0. The van der Waals surface area contributed by atoms with Crippen LogP contribution in [0.4, 0.5) is 0 Å². The van der Waals surface area contributed by atoms with Crippen LogP contribution < -0.4 is 0 Å². The summed E-state index contributed by atoms with van der Waals surface area (Å²) in [6.45, 7) is 9.55. The fourth-order valence-corrected chi connectivity index (χ4v) is 3.05. The Balaban J connectivity index is 3.37. The predicted octanol–water partition coefficient (Wildman–Crippen LogP) is 4.30. The van der Waals surface area contributed by atoms with Gasteiger partial charge in [-0.15, -0.1) is 0 Å². The molecule has 1 unspecified atom stereocenters. The van der Waals surface area contributed by atoms with Gasteiger partial charge in [0.2, 0.25) is 0 Å². The van der Waals surface area contributed by atoms with Crippen molar-refractivity contribution in [1.29, 1.82) is 0 Å². The van der Waals surface area contributed by atoms with Gasteiger partial charge >= 0.3 is 0 Å². The second-order valence-corrected chi connectivity index (χ2v) is 5.07. The molecular weight excluding hydrogens is 266 g/mol. The molecule has 1 atom stereocenters. The van der Waals surface area contributed by atoms with Crippen LogP contribution in [0.2, 0.25) is 0 Å². The van der Waals surface area contributed by atoms with Crippen LogP contribution >= 0.6 is 15.9 Å². The molecule has 0 amide bonds. The van der Waals surface area contributed by atoms with Gasteiger partial charge < -0.3 is 4.57 Å². The summed E-state index contributed by atoms with van der Waals surface area (Å²) in [6.07, 6.45) is 3.13. The van der Waals surface area contributed by atoms with Crippen molar-refractivity contribution in [3.8, 4) is 0 Å². The van der Waals surface area contributed by atoms with E-state index in [1.165, 1.54) is 5.69 Å². The third-order valence-electron chi connectivity index (χ3n) is 3.19. The van der Waals surface area contributed by atoms with Crippen LogP contribution in [0.5, 0.6) is 0 Å². The first kappa shape index (κ1) is 13.5. The number of aromatic nitrogens is 1. The molecule has 1 aromatic rings. The van der Waals surface area contributed by atoms with Crippen molar-refractivity contribution in [1.82, 2.24) is 4.57 Å². The van der Waals surface area contributed by atoms with Gasteiger partial charge in [-0.2, -0.15) is 0 Å². The molecule has 0 fully saturated rings. The highest BCUT2D eigenvalue weighted by Crippen LogP contribution is 2.34. The molecule has 0 saturated carbocycles. The fraction of sp³-hybridized carbons (Fsp3) is 0.615. The van der Waals surface area contributed by atoms with Crippen LogP contribution in [0.25, 0.3) is 0 Å². The van der Waals surface area contributed by atoms with Crippen molar-refractivity contribution < 1.29 is 4.79 Å². The second kappa shape index (κ2) is 5.67. The third-order valence-corrected chi connectivity index (χ3v) is 4.02. The molecule has 0 bridgehead atoms. The van der Waals surface area contributed by atoms with E-state index in [1.54, 1.807) is 0 Å². The maximum absolute atomic E-state index is 11.1. The number of rotatable bonds is 5. The van der Waals surface area contributed by atoms with E-state index in [-0.39, 0.29) is 0 Å². The lowest BCUT2D eigenvalue weighted by Gasteiger charge is -2.15. The molecule has 1 rings (SSSR count). The maximum Gasteiger partial charge on any atom is 0.153 e. The summed E-state index contributed by atoms with van der Waals surface area (Å²) in [5.41, 5.74) is 3.16. The van der Waals surface area contributed by atoms with E-state index < -0.39 is 0 Å². The Morgan fingerprint density at radius 1 is 1.44 bits per heavy atom. The van der Waals surface area contributed by atoms with Gasteiger partial charge in [0.25, 0.3) is 0 Å². The Hall–Kier alpha value is -0.570. The molecular formula is C13H20BrNO. The van der Waals surface area contributed by atoms with Crippen molar-refractivity contribution in [2.24, 2.45) is 0 Å². The van der Waals surface area contributed by atoms with Crippen LogP contribution in [-0.2, 0) is 6.54 Å². The van der Waals surface area contributed by atoms with Gasteiger partial charge in [-0.3, -0.25) is 4.79 Å². The van der Waals surface area contributed by atoms with Gasteiger partial charge in [0.15, 0.2) is 6.29 Å². The molecule has 0 aliphatic carbocycles. The largest absolute Gasteiger partial charge is 0.347 e. The molecule has 90 valence electrons. The Bertz CT molecular complexity index is 382. The maximum atomic E-state index is 11.1. The van der Waals surface area contributed by atoms with Crippen molar-refractivity contribution in [3.05, 3.63) is 21.4 Å². The molecule has 0 N–H and O–H groups in total. The lowest BCUT2D eigenvalue weighted by Crippen LogP contribution is -2.07. The summed E-state index contributed by atoms with van der Waals surface area (Å²) >= 11 is 3.57. The first-order valence-electron chi connectivity index (χ1n) is 5.92. The smallest absolute Gasteiger partial charge is 0.153 e. The number of nitrogens with zero attached hydrogens (tertiary/aromatic N) is 1. The number of hydrogen-bond donors (Lipinski definition) is 0. The van der Waals surface area contributed by atoms with E-state index in [0.717, 1.165) is 41.4 Å². The molecule has 16 heavy (non-hydrogen) atoms. The lowest BCUT2D eigenvalue weighted by molar-refractivity contribution is 0.112. The molecule has 0 saturated heterocycles. The molecule has 0 radical (unpaired) electrons. The minimum absolute atomic E-state index is 0.480. The van der Waals surface area contributed by atoms with E-state index in [4.69, 9.17) is 0 Å². The van der Waals surface area contributed by atoms with Crippen molar-refractivity contribution in [2.45, 2.75) is 53.0 Å². The zero-order valence-electron chi connectivity index (χ0n) is 10.5. The van der Waals surface area contributed by atoms with Gasteiger partial charge in [0.05, 0.1) is 0 Å². The highest BCUT2D eigenvalue weighted by molar-refractivity contribution is 9.10. The number of carbonyl (C=O) groups is 1. The summed E-state index contributed by atoms with van der Waals surface area (Å²) in [5.74, 6) is 0.480. The minimum Gasteiger partial charge on any atom is -0.347 e. The molecule has 0 aliphatic heterocycles. The average molecular weight is 286 g/mol. The topological polar surface area (TPSA) is 22.0 Å². The van der Waals surface area contributed by atoms with Crippen LogP contribution in [0.3, 0.4) is 0 Å². The quantitative estimate of drug-likeness (QED) is 0.740. The fourth-order valence-electron chi connectivity index (χ4n) is 2.07. The summed E-state index contributed by atoms with van der Waals surface area (Å²) in [7, 11) is 0. The van der Waals surface area contributed by atoms with Crippen LogP contribution in [-0.4, -0.2) is 10.9 Å². The van der Waals surface area contributed by atoms with E-state index in [0.29, 0.717) is 5.92 Å². The average Bonchev–Trinajstić information content (AvgIpc) is 2.50. The Labute approximate surface area is 106 Å². The van der Waals surface area contributed by atoms with E-state index in [2.05, 4.69) is 41.3 Å². The van der Waals surface area contributed by atoms with Gasteiger partial charge in [0, 0.05) is 28.0 Å². The van der Waals surface area contributed by atoms with Crippen LogP contribution in [0.1, 0.15) is 61.3 Å².